The third-order valence-corrected chi connectivity index (χ3v) is 4.02. The van der Waals surface area contributed by atoms with Crippen LogP contribution >= 0.6 is 15.9 Å². The molecule has 1 aromatic rings. The molecule has 3 heteroatoms. The van der Waals surface area contributed by atoms with E-state index in [0.29, 0.717) is 12.1 Å². The summed E-state index contributed by atoms with van der Waals surface area (Å²) in [6, 6.07) is 9.39. The van der Waals surface area contributed by atoms with Crippen molar-refractivity contribution in [3.05, 3.63) is 28.2 Å². The first-order valence-corrected chi connectivity index (χ1v) is 6.94. The fraction of sp³-hybridized carbons (Fsp3) is 0.500. The monoisotopic (exact) mass is 292 g/mol. The number of halogens is 1. The number of anilines is 1. The smallest absolute Gasteiger partial charge is 0.0992 e. The zero-order chi connectivity index (χ0) is 12.4. The first-order valence-electron chi connectivity index (χ1n) is 6.14. The molecule has 1 aliphatic heterocycles. The maximum atomic E-state index is 9.03. The lowest BCUT2D eigenvalue weighted by atomic mass is 10.1. The molecule has 0 radical (unpaired) electrons. The molecule has 1 saturated heterocycles. The standard InChI is InChI=1S/C14H17BrN2/c1-3-13-5-4-10(2)17(13)14-7-11(9-16)6-12(15)8-14/h6-8,10,13H,3-5H2,1-2H3. The van der Waals surface area contributed by atoms with Crippen molar-refractivity contribution in [1.82, 2.24) is 0 Å². The maximum absolute atomic E-state index is 9.03. The highest BCUT2D eigenvalue weighted by atomic mass is 79.9. The van der Waals surface area contributed by atoms with Gasteiger partial charge in [0.05, 0.1) is 11.6 Å². The molecule has 90 valence electrons. The first-order chi connectivity index (χ1) is 8.15. The van der Waals surface area contributed by atoms with Gasteiger partial charge in [-0.15, -0.1) is 0 Å². The van der Waals surface area contributed by atoms with Crippen LogP contribution in [0.25, 0.3) is 0 Å². The fourth-order valence-corrected chi connectivity index (χ4v) is 3.21. The van der Waals surface area contributed by atoms with Crippen molar-refractivity contribution in [2.45, 2.75) is 45.2 Å². The average Bonchev–Trinajstić information content (AvgIpc) is 2.69. The Kier molecular flexibility index (Phi) is 3.73. The Hall–Kier alpha value is -1.01. The number of rotatable bonds is 2. The quantitative estimate of drug-likeness (QED) is 0.821. The van der Waals surface area contributed by atoms with Crippen molar-refractivity contribution in [1.29, 1.82) is 5.26 Å². The van der Waals surface area contributed by atoms with Gasteiger partial charge < -0.3 is 4.90 Å². The van der Waals surface area contributed by atoms with E-state index in [1.807, 2.05) is 12.1 Å². The molecule has 0 aromatic heterocycles. The fourth-order valence-electron chi connectivity index (χ4n) is 2.73. The van der Waals surface area contributed by atoms with Crippen LogP contribution < -0.4 is 4.90 Å². The van der Waals surface area contributed by atoms with Gasteiger partial charge in [0.25, 0.3) is 0 Å². The van der Waals surface area contributed by atoms with Gasteiger partial charge in [0.2, 0.25) is 0 Å². The molecule has 0 bridgehead atoms. The van der Waals surface area contributed by atoms with Crippen LogP contribution in [0.3, 0.4) is 0 Å². The van der Waals surface area contributed by atoms with E-state index in [4.69, 9.17) is 5.26 Å². The summed E-state index contributed by atoms with van der Waals surface area (Å²) < 4.78 is 0.987. The van der Waals surface area contributed by atoms with E-state index >= 15 is 0 Å². The number of hydrogen-bond acceptors (Lipinski definition) is 2. The van der Waals surface area contributed by atoms with Crippen LogP contribution in [0.4, 0.5) is 5.69 Å². The molecule has 0 saturated carbocycles. The van der Waals surface area contributed by atoms with Gasteiger partial charge in [0.1, 0.15) is 0 Å². The predicted octanol–water partition coefficient (Wildman–Crippen LogP) is 4.09. The van der Waals surface area contributed by atoms with Gasteiger partial charge in [-0.3, -0.25) is 0 Å². The maximum Gasteiger partial charge on any atom is 0.0992 e. The summed E-state index contributed by atoms with van der Waals surface area (Å²) in [5.74, 6) is 0. The highest BCUT2D eigenvalue weighted by molar-refractivity contribution is 9.10. The van der Waals surface area contributed by atoms with E-state index in [2.05, 4.69) is 46.8 Å². The van der Waals surface area contributed by atoms with E-state index < -0.39 is 0 Å². The molecular formula is C14H17BrN2. The van der Waals surface area contributed by atoms with Crippen LogP contribution in [0, 0.1) is 11.3 Å². The van der Waals surface area contributed by atoms with E-state index in [1.54, 1.807) is 0 Å². The molecule has 0 amide bonds. The van der Waals surface area contributed by atoms with Crippen molar-refractivity contribution in [2.24, 2.45) is 0 Å². The second kappa shape index (κ2) is 5.10. The summed E-state index contributed by atoms with van der Waals surface area (Å²) in [5, 5.41) is 9.03. The van der Waals surface area contributed by atoms with Crippen molar-refractivity contribution >= 4 is 21.6 Å². The Labute approximate surface area is 111 Å². The summed E-state index contributed by atoms with van der Waals surface area (Å²) in [4.78, 5) is 2.46. The Morgan fingerprint density at radius 2 is 2.18 bits per heavy atom. The Balaban J connectivity index is 2.38. The first kappa shape index (κ1) is 12.4. The van der Waals surface area contributed by atoms with E-state index in [-0.39, 0.29) is 0 Å². The zero-order valence-corrected chi connectivity index (χ0v) is 11.9. The molecule has 1 fully saturated rings. The Bertz CT molecular complexity index is 450. The average molecular weight is 293 g/mol. The summed E-state index contributed by atoms with van der Waals surface area (Å²) in [6.07, 6.45) is 3.66. The molecule has 0 spiro atoms. The molecule has 2 rings (SSSR count). The van der Waals surface area contributed by atoms with Crippen molar-refractivity contribution in [3.8, 4) is 6.07 Å². The molecule has 1 aliphatic rings. The van der Waals surface area contributed by atoms with Gasteiger partial charge in [-0.25, -0.2) is 0 Å². The summed E-state index contributed by atoms with van der Waals surface area (Å²) in [6.45, 7) is 4.50. The second-order valence-corrected chi connectivity index (χ2v) is 5.62. The van der Waals surface area contributed by atoms with Crippen molar-refractivity contribution < 1.29 is 0 Å². The lowest BCUT2D eigenvalue weighted by molar-refractivity contribution is 0.628. The molecule has 2 atom stereocenters. The predicted molar refractivity (Wildman–Crippen MR) is 74.1 cm³/mol. The number of nitriles is 1. The molecule has 0 aliphatic carbocycles. The molecule has 1 aromatic carbocycles. The van der Waals surface area contributed by atoms with Gasteiger partial charge >= 0.3 is 0 Å². The zero-order valence-electron chi connectivity index (χ0n) is 10.3. The van der Waals surface area contributed by atoms with E-state index in [1.165, 1.54) is 24.9 Å². The largest absolute Gasteiger partial charge is 0.366 e. The highest BCUT2D eigenvalue weighted by Gasteiger charge is 2.29. The lowest BCUT2D eigenvalue weighted by Gasteiger charge is -2.30. The summed E-state index contributed by atoms with van der Waals surface area (Å²) in [7, 11) is 0. The van der Waals surface area contributed by atoms with Crippen LogP contribution in [0.15, 0.2) is 22.7 Å². The SMILES string of the molecule is CCC1CCC(C)N1c1cc(Br)cc(C#N)c1. The van der Waals surface area contributed by atoms with Crippen molar-refractivity contribution in [2.75, 3.05) is 4.90 Å². The molecule has 2 nitrogen and oxygen atoms in total. The minimum Gasteiger partial charge on any atom is -0.366 e. The molecule has 1 heterocycles. The van der Waals surface area contributed by atoms with Gasteiger partial charge in [-0.1, -0.05) is 22.9 Å². The van der Waals surface area contributed by atoms with Gasteiger partial charge in [-0.05, 0) is 44.4 Å². The number of nitrogens with zero attached hydrogens (tertiary/aromatic N) is 2. The molecule has 2 unspecified atom stereocenters. The van der Waals surface area contributed by atoms with E-state index in [9.17, 15) is 0 Å². The van der Waals surface area contributed by atoms with Gasteiger partial charge in [0.15, 0.2) is 0 Å². The molecule has 0 N–H and O–H groups in total. The van der Waals surface area contributed by atoms with Crippen LogP contribution in [0.5, 0.6) is 0 Å². The summed E-state index contributed by atoms with van der Waals surface area (Å²) >= 11 is 3.48. The Morgan fingerprint density at radius 1 is 1.41 bits per heavy atom. The van der Waals surface area contributed by atoms with Crippen LogP contribution in [0.1, 0.15) is 38.7 Å². The molecule has 17 heavy (non-hydrogen) atoms. The topological polar surface area (TPSA) is 27.0 Å². The third-order valence-electron chi connectivity index (χ3n) is 3.57. The number of benzene rings is 1. The lowest BCUT2D eigenvalue weighted by Crippen LogP contribution is -2.34. The van der Waals surface area contributed by atoms with Gasteiger partial charge in [-0.2, -0.15) is 5.26 Å². The summed E-state index contributed by atoms with van der Waals surface area (Å²) in [5.41, 5.74) is 1.90. The minimum atomic E-state index is 0.570. The second-order valence-electron chi connectivity index (χ2n) is 4.71. The van der Waals surface area contributed by atoms with E-state index in [0.717, 1.165) is 10.0 Å². The van der Waals surface area contributed by atoms with Crippen LogP contribution in [-0.2, 0) is 0 Å². The molecular weight excluding hydrogens is 276 g/mol. The third kappa shape index (κ3) is 2.47. The van der Waals surface area contributed by atoms with Crippen LogP contribution in [0.2, 0.25) is 0 Å². The normalized spacial score (nSPS) is 23.8. The minimum absolute atomic E-state index is 0.570. The highest BCUT2D eigenvalue weighted by Crippen LogP contribution is 2.33. The van der Waals surface area contributed by atoms with Crippen LogP contribution in [-0.4, -0.2) is 12.1 Å². The Morgan fingerprint density at radius 3 is 2.82 bits per heavy atom. The number of hydrogen-bond donors (Lipinski definition) is 0. The van der Waals surface area contributed by atoms with Gasteiger partial charge in [0, 0.05) is 22.2 Å². The van der Waals surface area contributed by atoms with Crippen molar-refractivity contribution in [3.63, 3.8) is 0 Å².